The molecule has 9 nitrogen and oxygen atoms in total. The number of hydrogen-bond donors (Lipinski definition) is 1. The SMILES string of the molecule is Cc1c(Cn2nnc3c(N4CC[C@H](O)C4)nc(C(C)(C)C)nc32)ccc[n+]1[O-]. The van der Waals surface area contributed by atoms with Crippen molar-refractivity contribution in [3.05, 3.63) is 40.6 Å². The van der Waals surface area contributed by atoms with Gasteiger partial charge in [0.25, 0.3) is 0 Å². The third-order valence-electron chi connectivity index (χ3n) is 5.11. The monoisotopic (exact) mass is 383 g/mol. The Morgan fingerprint density at radius 3 is 2.79 bits per heavy atom. The molecule has 0 unspecified atom stereocenters. The van der Waals surface area contributed by atoms with Crippen molar-refractivity contribution in [2.24, 2.45) is 0 Å². The first-order chi connectivity index (χ1) is 13.2. The molecule has 0 spiro atoms. The van der Waals surface area contributed by atoms with Crippen molar-refractivity contribution in [2.75, 3.05) is 18.0 Å². The maximum atomic E-state index is 11.9. The van der Waals surface area contributed by atoms with Crippen LogP contribution >= 0.6 is 0 Å². The Morgan fingerprint density at radius 2 is 2.11 bits per heavy atom. The highest BCUT2D eigenvalue weighted by Crippen LogP contribution is 2.29. The van der Waals surface area contributed by atoms with Crippen molar-refractivity contribution in [3.63, 3.8) is 0 Å². The van der Waals surface area contributed by atoms with Crippen molar-refractivity contribution < 1.29 is 9.84 Å². The van der Waals surface area contributed by atoms with E-state index < -0.39 is 0 Å². The van der Waals surface area contributed by atoms with Crippen LogP contribution in [-0.2, 0) is 12.0 Å². The number of pyridine rings is 1. The van der Waals surface area contributed by atoms with Crippen LogP contribution in [0.4, 0.5) is 5.82 Å². The van der Waals surface area contributed by atoms with E-state index in [1.807, 2.05) is 11.0 Å². The summed E-state index contributed by atoms with van der Waals surface area (Å²) < 4.78 is 2.56. The predicted octanol–water partition coefficient (Wildman–Crippen LogP) is 1.08. The smallest absolute Gasteiger partial charge is 0.194 e. The third kappa shape index (κ3) is 3.26. The number of aliphatic hydroxyl groups is 1. The maximum Gasteiger partial charge on any atom is 0.194 e. The van der Waals surface area contributed by atoms with Crippen LogP contribution < -0.4 is 9.63 Å². The van der Waals surface area contributed by atoms with Crippen LogP contribution in [0.1, 0.15) is 44.3 Å². The fourth-order valence-corrected chi connectivity index (χ4v) is 3.38. The summed E-state index contributed by atoms with van der Waals surface area (Å²) in [5.74, 6) is 1.41. The van der Waals surface area contributed by atoms with Gasteiger partial charge in [-0.25, -0.2) is 14.6 Å². The number of β-amino-alcohol motifs (C(OH)–C–C–N with tert-alkyl or cyclic N) is 1. The molecule has 0 radical (unpaired) electrons. The van der Waals surface area contributed by atoms with Crippen molar-refractivity contribution in [3.8, 4) is 0 Å². The lowest BCUT2D eigenvalue weighted by molar-refractivity contribution is -0.612. The van der Waals surface area contributed by atoms with E-state index in [2.05, 4.69) is 31.1 Å². The van der Waals surface area contributed by atoms with Crippen molar-refractivity contribution in [1.29, 1.82) is 0 Å². The van der Waals surface area contributed by atoms with Gasteiger partial charge >= 0.3 is 0 Å². The maximum absolute atomic E-state index is 11.9. The molecule has 4 rings (SSSR count). The Kier molecular flexibility index (Phi) is 4.41. The topological polar surface area (TPSA) is 107 Å². The van der Waals surface area contributed by atoms with Gasteiger partial charge in [0.2, 0.25) is 0 Å². The van der Waals surface area contributed by atoms with Crippen LogP contribution in [0.3, 0.4) is 0 Å². The van der Waals surface area contributed by atoms with Crippen LogP contribution in [0.25, 0.3) is 11.2 Å². The van der Waals surface area contributed by atoms with Crippen molar-refractivity contribution >= 4 is 17.0 Å². The molecule has 4 heterocycles. The summed E-state index contributed by atoms with van der Waals surface area (Å²) in [4.78, 5) is 11.6. The molecule has 148 valence electrons. The number of aliphatic hydroxyl groups excluding tert-OH is 1. The average Bonchev–Trinajstić information content (AvgIpc) is 3.24. The number of hydrogen-bond acceptors (Lipinski definition) is 7. The van der Waals surface area contributed by atoms with Gasteiger partial charge in [-0.2, -0.15) is 4.73 Å². The van der Waals surface area contributed by atoms with E-state index in [1.165, 1.54) is 6.20 Å². The molecule has 28 heavy (non-hydrogen) atoms. The summed E-state index contributed by atoms with van der Waals surface area (Å²) >= 11 is 0. The van der Waals surface area contributed by atoms with Crippen LogP contribution in [-0.4, -0.2) is 49.3 Å². The van der Waals surface area contributed by atoms with Crippen molar-refractivity contribution in [1.82, 2.24) is 25.0 Å². The standard InChI is InChI=1S/C19H25N7O2/c1-12-13(6-5-8-26(12)28)10-25-17-15(22-23-25)16(24-9-7-14(27)11-24)20-18(21-17)19(2,3)4/h5-6,8,14,27H,7,9-11H2,1-4H3/t14-/m0/s1. The lowest BCUT2D eigenvalue weighted by Gasteiger charge is -2.22. The Balaban J connectivity index is 1.84. The normalized spacial score (nSPS) is 17.6. The summed E-state index contributed by atoms with van der Waals surface area (Å²) in [5.41, 5.74) is 2.48. The highest BCUT2D eigenvalue weighted by atomic mass is 16.5. The Bertz CT molecular complexity index is 1030. The molecule has 9 heteroatoms. The molecule has 0 saturated carbocycles. The molecule has 1 saturated heterocycles. The van der Waals surface area contributed by atoms with E-state index in [9.17, 15) is 10.3 Å². The minimum atomic E-state index is -0.363. The fraction of sp³-hybridized carbons (Fsp3) is 0.526. The van der Waals surface area contributed by atoms with E-state index in [4.69, 9.17) is 9.97 Å². The lowest BCUT2D eigenvalue weighted by Crippen LogP contribution is -2.31. The van der Waals surface area contributed by atoms with Crippen molar-refractivity contribution in [2.45, 2.75) is 52.2 Å². The number of rotatable bonds is 3. The first-order valence-electron chi connectivity index (χ1n) is 9.46. The minimum Gasteiger partial charge on any atom is -0.619 e. The van der Waals surface area contributed by atoms with E-state index in [-0.39, 0.29) is 11.5 Å². The zero-order chi connectivity index (χ0) is 20.1. The molecule has 3 aromatic rings. The van der Waals surface area contributed by atoms with Gasteiger partial charge in [-0.3, -0.25) is 0 Å². The van der Waals surface area contributed by atoms with Gasteiger partial charge in [-0.05, 0) is 12.5 Å². The second kappa shape index (κ2) is 6.66. The zero-order valence-electron chi connectivity index (χ0n) is 16.6. The molecule has 0 aliphatic carbocycles. The quantitative estimate of drug-likeness (QED) is 0.533. The lowest BCUT2D eigenvalue weighted by atomic mass is 9.96. The highest BCUT2D eigenvalue weighted by Gasteiger charge is 2.29. The Hall–Kier alpha value is -2.81. The molecule has 0 aromatic carbocycles. The third-order valence-corrected chi connectivity index (χ3v) is 5.11. The summed E-state index contributed by atoms with van der Waals surface area (Å²) in [6.07, 6.45) is 1.82. The van der Waals surface area contributed by atoms with E-state index in [1.54, 1.807) is 17.7 Å². The first-order valence-corrected chi connectivity index (χ1v) is 9.46. The molecule has 3 aromatic heterocycles. The molecule has 1 N–H and O–H groups in total. The molecule has 1 atom stereocenters. The van der Waals surface area contributed by atoms with Gasteiger partial charge in [0.15, 0.2) is 28.9 Å². The molecule has 0 bridgehead atoms. The largest absolute Gasteiger partial charge is 0.619 e. The number of nitrogens with zero attached hydrogens (tertiary/aromatic N) is 7. The van der Waals surface area contributed by atoms with Gasteiger partial charge in [0, 0.05) is 37.1 Å². The summed E-state index contributed by atoms with van der Waals surface area (Å²) in [6, 6.07) is 3.63. The molecule has 0 amide bonds. The van der Waals surface area contributed by atoms with Gasteiger partial charge in [-0.15, -0.1) is 5.10 Å². The number of aromatic nitrogens is 6. The van der Waals surface area contributed by atoms with Gasteiger partial charge in [0.1, 0.15) is 5.82 Å². The van der Waals surface area contributed by atoms with Crippen LogP contribution in [0.15, 0.2) is 18.3 Å². The Morgan fingerprint density at radius 1 is 1.32 bits per heavy atom. The molecule has 1 aliphatic heterocycles. The minimum absolute atomic E-state index is 0.253. The second-order valence-electron chi connectivity index (χ2n) is 8.37. The predicted molar refractivity (Wildman–Crippen MR) is 104 cm³/mol. The molecular formula is C19H25N7O2. The fourth-order valence-electron chi connectivity index (χ4n) is 3.38. The number of anilines is 1. The van der Waals surface area contributed by atoms with Gasteiger partial charge in [0.05, 0.1) is 12.6 Å². The van der Waals surface area contributed by atoms with Gasteiger partial charge in [-0.1, -0.05) is 26.0 Å². The molecule has 1 aliphatic rings. The first kappa shape index (κ1) is 18.5. The average molecular weight is 383 g/mol. The molecular weight excluding hydrogens is 358 g/mol. The second-order valence-corrected chi connectivity index (χ2v) is 8.37. The van der Waals surface area contributed by atoms with Crippen LogP contribution in [0.2, 0.25) is 0 Å². The van der Waals surface area contributed by atoms with Crippen LogP contribution in [0, 0.1) is 12.1 Å². The summed E-state index contributed by atoms with van der Waals surface area (Å²) in [5, 5.41) is 30.5. The summed E-state index contributed by atoms with van der Waals surface area (Å²) in [6.45, 7) is 9.61. The van der Waals surface area contributed by atoms with Gasteiger partial charge < -0.3 is 15.2 Å². The summed E-state index contributed by atoms with van der Waals surface area (Å²) in [7, 11) is 0. The van der Waals surface area contributed by atoms with E-state index in [0.29, 0.717) is 48.0 Å². The zero-order valence-corrected chi connectivity index (χ0v) is 16.6. The Labute approximate surface area is 163 Å². The van der Waals surface area contributed by atoms with E-state index >= 15 is 0 Å². The van der Waals surface area contributed by atoms with Crippen LogP contribution in [0.5, 0.6) is 0 Å². The molecule has 1 fully saturated rings. The van der Waals surface area contributed by atoms with E-state index in [0.717, 1.165) is 16.8 Å². The highest BCUT2D eigenvalue weighted by molar-refractivity contribution is 5.83. The number of fused-ring (bicyclic) bond motifs is 1.